The Balaban J connectivity index is 1.47. The minimum Gasteiger partial charge on any atom is -0.357 e. The third-order valence-corrected chi connectivity index (χ3v) is 3.60. The van der Waals surface area contributed by atoms with Gasteiger partial charge in [-0.25, -0.2) is 9.97 Å². The van der Waals surface area contributed by atoms with E-state index in [1.165, 1.54) is 0 Å². The maximum atomic E-state index is 4.41. The van der Waals surface area contributed by atoms with Crippen LogP contribution in [0.25, 0.3) is 0 Å². The highest BCUT2D eigenvalue weighted by atomic mass is 15.2. The van der Waals surface area contributed by atoms with Crippen LogP contribution in [-0.2, 0) is 6.54 Å². The first-order valence-corrected chi connectivity index (χ1v) is 6.78. The molecule has 0 aliphatic carbocycles. The Labute approximate surface area is 113 Å². The van der Waals surface area contributed by atoms with Gasteiger partial charge in [0.25, 0.3) is 0 Å². The van der Waals surface area contributed by atoms with Crippen molar-refractivity contribution in [2.75, 3.05) is 18.0 Å². The summed E-state index contributed by atoms with van der Waals surface area (Å²) >= 11 is 0. The number of anilines is 1. The zero-order valence-electron chi connectivity index (χ0n) is 10.9. The van der Waals surface area contributed by atoms with Crippen LogP contribution < -0.4 is 10.2 Å². The maximum absolute atomic E-state index is 4.41. The maximum Gasteiger partial charge on any atom is 0.128 e. The molecule has 2 aromatic heterocycles. The van der Waals surface area contributed by atoms with Crippen molar-refractivity contribution in [1.29, 1.82) is 0 Å². The summed E-state index contributed by atoms with van der Waals surface area (Å²) in [4.78, 5) is 13.9. The lowest BCUT2D eigenvalue weighted by Gasteiger charge is -2.33. The van der Waals surface area contributed by atoms with Crippen molar-refractivity contribution in [2.45, 2.75) is 25.4 Å². The molecule has 0 saturated carbocycles. The molecule has 2 N–H and O–H groups in total. The molecule has 3 heterocycles. The van der Waals surface area contributed by atoms with E-state index in [2.05, 4.69) is 31.2 Å². The van der Waals surface area contributed by atoms with E-state index < -0.39 is 0 Å². The van der Waals surface area contributed by atoms with Gasteiger partial charge in [-0.2, -0.15) is 0 Å². The standard InChI is InChI=1S/C14H19N5/c1-2-6-16-14(3-1)19-7-4-12(5-8-19)17-10-13-9-15-11-18-13/h1-3,6,9,11-12,17H,4-5,7-8,10H2,(H,15,18). The van der Waals surface area contributed by atoms with Crippen LogP contribution in [0.1, 0.15) is 18.5 Å². The number of aromatic amines is 1. The van der Waals surface area contributed by atoms with Crippen LogP contribution in [0.15, 0.2) is 36.9 Å². The number of imidazole rings is 1. The van der Waals surface area contributed by atoms with Gasteiger partial charge in [0.05, 0.1) is 6.33 Å². The first-order chi connectivity index (χ1) is 9.42. The number of rotatable bonds is 4. The van der Waals surface area contributed by atoms with Crippen LogP contribution in [-0.4, -0.2) is 34.1 Å². The Bertz CT molecular complexity index is 474. The SMILES string of the molecule is c1ccc(N2CCC(NCc3cnc[nH]3)CC2)nc1. The number of piperidine rings is 1. The quantitative estimate of drug-likeness (QED) is 0.873. The van der Waals surface area contributed by atoms with Gasteiger partial charge >= 0.3 is 0 Å². The van der Waals surface area contributed by atoms with Crippen LogP contribution in [0.3, 0.4) is 0 Å². The number of nitrogens with zero attached hydrogens (tertiary/aromatic N) is 3. The number of nitrogens with one attached hydrogen (secondary N) is 2. The molecule has 19 heavy (non-hydrogen) atoms. The van der Waals surface area contributed by atoms with Crippen LogP contribution >= 0.6 is 0 Å². The molecule has 1 aliphatic rings. The van der Waals surface area contributed by atoms with Crippen molar-refractivity contribution in [2.24, 2.45) is 0 Å². The fourth-order valence-corrected chi connectivity index (χ4v) is 2.49. The smallest absolute Gasteiger partial charge is 0.128 e. The third kappa shape index (κ3) is 3.12. The Kier molecular flexibility index (Phi) is 3.74. The molecule has 0 amide bonds. The second-order valence-electron chi connectivity index (χ2n) is 4.91. The van der Waals surface area contributed by atoms with Gasteiger partial charge in [-0.15, -0.1) is 0 Å². The van der Waals surface area contributed by atoms with Crippen molar-refractivity contribution in [3.63, 3.8) is 0 Å². The largest absolute Gasteiger partial charge is 0.357 e. The molecule has 5 nitrogen and oxygen atoms in total. The highest BCUT2D eigenvalue weighted by Gasteiger charge is 2.19. The van der Waals surface area contributed by atoms with E-state index in [1.807, 2.05) is 24.5 Å². The summed E-state index contributed by atoms with van der Waals surface area (Å²) in [6.07, 6.45) is 7.77. The summed E-state index contributed by atoms with van der Waals surface area (Å²) in [5, 5.41) is 3.58. The average Bonchev–Trinajstić information content (AvgIpc) is 3.00. The van der Waals surface area contributed by atoms with Crippen molar-refractivity contribution in [3.8, 4) is 0 Å². The molecule has 2 aromatic rings. The second kappa shape index (κ2) is 5.84. The monoisotopic (exact) mass is 257 g/mol. The number of hydrogen-bond donors (Lipinski definition) is 2. The number of hydrogen-bond acceptors (Lipinski definition) is 4. The Hall–Kier alpha value is -1.88. The van der Waals surface area contributed by atoms with Gasteiger partial charge in [0.1, 0.15) is 5.82 Å². The van der Waals surface area contributed by atoms with Crippen LogP contribution in [0.4, 0.5) is 5.82 Å². The molecule has 3 rings (SSSR count). The van der Waals surface area contributed by atoms with Gasteiger partial charge in [-0.3, -0.25) is 0 Å². The normalized spacial score (nSPS) is 16.7. The molecule has 1 fully saturated rings. The molecule has 0 atom stereocenters. The van der Waals surface area contributed by atoms with E-state index in [4.69, 9.17) is 0 Å². The summed E-state index contributed by atoms with van der Waals surface area (Å²) in [5.41, 5.74) is 1.15. The second-order valence-corrected chi connectivity index (χ2v) is 4.91. The van der Waals surface area contributed by atoms with E-state index in [-0.39, 0.29) is 0 Å². The van der Waals surface area contributed by atoms with Gasteiger partial charge < -0.3 is 15.2 Å². The zero-order valence-corrected chi connectivity index (χ0v) is 10.9. The lowest BCUT2D eigenvalue weighted by molar-refractivity contribution is 0.411. The molecule has 5 heteroatoms. The van der Waals surface area contributed by atoms with E-state index >= 15 is 0 Å². The molecule has 0 bridgehead atoms. The average molecular weight is 257 g/mol. The van der Waals surface area contributed by atoms with E-state index in [0.29, 0.717) is 6.04 Å². The molecule has 1 saturated heterocycles. The first-order valence-electron chi connectivity index (χ1n) is 6.78. The summed E-state index contributed by atoms with van der Waals surface area (Å²) in [6, 6.07) is 6.68. The topological polar surface area (TPSA) is 56.8 Å². The van der Waals surface area contributed by atoms with Crippen LogP contribution in [0.2, 0.25) is 0 Å². The predicted octanol–water partition coefficient (Wildman–Crippen LogP) is 1.56. The highest BCUT2D eigenvalue weighted by molar-refractivity contribution is 5.38. The minimum absolute atomic E-state index is 0.586. The predicted molar refractivity (Wildman–Crippen MR) is 74.9 cm³/mol. The highest BCUT2D eigenvalue weighted by Crippen LogP contribution is 2.17. The number of aromatic nitrogens is 3. The van der Waals surface area contributed by atoms with Crippen molar-refractivity contribution >= 4 is 5.82 Å². The van der Waals surface area contributed by atoms with Crippen molar-refractivity contribution < 1.29 is 0 Å². The molecule has 100 valence electrons. The van der Waals surface area contributed by atoms with Crippen LogP contribution in [0, 0.1) is 0 Å². The molecule has 0 unspecified atom stereocenters. The van der Waals surface area contributed by atoms with Gasteiger partial charge in [0.2, 0.25) is 0 Å². The third-order valence-electron chi connectivity index (χ3n) is 3.60. The molecular formula is C14H19N5. The molecule has 0 aromatic carbocycles. The summed E-state index contributed by atoms with van der Waals surface area (Å²) < 4.78 is 0. The van der Waals surface area contributed by atoms with Gasteiger partial charge in [-0.05, 0) is 25.0 Å². The van der Waals surface area contributed by atoms with E-state index in [0.717, 1.165) is 44.0 Å². The number of H-pyrrole nitrogens is 1. The molecular weight excluding hydrogens is 238 g/mol. The summed E-state index contributed by atoms with van der Waals surface area (Å²) in [5.74, 6) is 1.09. The Morgan fingerprint density at radius 3 is 2.89 bits per heavy atom. The van der Waals surface area contributed by atoms with Gasteiger partial charge in [0, 0.05) is 43.8 Å². The van der Waals surface area contributed by atoms with Crippen LogP contribution in [0.5, 0.6) is 0 Å². The minimum atomic E-state index is 0.586. The molecule has 0 spiro atoms. The first kappa shape index (κ1) is 12.2. The van der Waals surface area contributed by atoms with E-state index in [9.17, 15) is 0 Å². The molecule has 1 aliphatic heterocycles. The fourth-order valence-electron chi connectivity index (χ4n) is 2.49. The zero-order chi connectivity index (χ0) is 12.9. The lowest BCUT2D eigenvalue weighted by Crippen LogP contribution is -2.42. The summed E-state index contributed by atoms with van der Waals surface area (Å²) in [7, 11) is 0. The van der Waals surface area contributed by atoms with E-state index in [1.54, 1.807) is 6.33 Å². The van der Waals surface area contributed by atoms with Crippen molar-refractivity contribution in [3.05, 3.63) is 42.6 Å². The Morgan fingerprint density at radius 1 is 1.32 bits per heavy atom. The van der Waals surface area contributed by atoms with Gasteiger partial charge in [0.15, 0.2) is 0 Å². The summed E-state index contributed by atoms with van der Waals surface area (Å²) in [6.45, 7) is 3.00. The molecule has 0 radical (unpaired) electrons. The van der Waals surface area contributed by atoms with Crippen molar-refractivity contribution in [1.82, 2.24) is 20.3 Å². The lowest BCUT2D eigenvalue weighted by atomic mass is 10.0. The Morgan fingerprint density at radius 2 is 2.21 bits per heavy atom. The van der Waals surface area contributed by atoms with Gasteiger partial charge in [-0.1, -0.05) is 6.07 Å². The number of pyridine rings is 1. The fraction of sp³-hybridized carbons (Fsp3) is 0.429.